The monoisotopic (exact) mass is 1170 g/mol. The van der Waals surface area contributed by atoms with E-state index in [-0.39, 0.29) is 22.2 Å². The van der Waals surface area contributed by atoms with Crippen LogP contribution in [0.2, 0.25) is 0 Å². The van der Waals surface area contributed by atoms with Gasteiger partial charge in [0.2, 0.25) is 0 Å². The first-order chi connectivity index (χ1) is 41.6. The predicted molar refractivity (Wildman–Crippen MR) is 359 cm³/mol. The molecule has 0 fully saturated rings. The van der Waals surface area contributed by atoms with E-state index in [1.54, 1.807) is 6.92 Å². The molecule has 0 saturated heterocycles. The summed E-state index contributed by atoms with van der Waals surface area (Å²) in [5.41, 5.74) is 18.8. The van der Waals surface area contributed by atoms with Crippen LogP contribution in [0.15, 0.2) is 109 Å². The van der Waals surface area contributed by atoms with Crippen LogP contribution in [0.5, 0.6) is 0 Å². The zero-order chi connectivity index (χ0) is 64.1. The maximum absolute atomic E-state index is 11.6. The maximum atomic E-state index is 11.6. The van der Waals surface area contributed by atoms with Crippen molar-refractivity contribution in [1.82, 2.24) is 15.0 Å². The van der Waals surface area contributed by atoms with E-state index in [0.717, 1.165) is 91.2 Å². The number of aryl methyl sites for hydroxylation is 1. The molecular weight excluding hydrogens is 1080 g/mol. The summed E-state index contributed by atoms with van der Waals surface area (Å²) in [5.74, 6) is -0.327. The zero-order valence-corrected chi connectivity index (χ0v) is 53.6. The fraction of sp³-hybridized carbons (Fsp3) is 0.351. The van der Waals surface area contributed by atoms with Gasteiger partial charge in [-0.3, -0.25) is 4.68 Å². The molecule has 0 atom stereocenters. The first-order valence-corrected chi connectivity index (χ1v) is 30.5. The van der Waals surface area contributed by atoms with Crippen LogP contribution in [-0.4, -0.2) is 27.6 Å². The van der Waals surface area contributed by atoms with Crippen LogP contribution < -0.4 is 5.73 Å². The summed E-state index contributed by atoms with van der Waals surface area (Å²) in [7, 11) is 0. The summed E-state index contributed by atoms with van der Waals surface area (Å²) in [6, 6.07) is 42.0. The van der Waals surface area contributed by atoms with Crippen molar-refractivity contribution in [2.75, 3.05) is 6.61 Å². The minimum absolute atomic E-state index is 0.327. The molecular formula is C77H83N9O2. The summed E-state index contributed by atoms with van der Waals surface area (Å²) >= 11 is 0. The number of aromatic nitrogens is 3. The van der Waals surface area contributed by atoms with Gasteiger partial charge in [-0.1, -0.05) is 137 Å². The molecule has 1 heterocycles. The predicted octanol–water partition coefficient (Wildman–Crippen LogP) is 18.3. The molecule has 0 radical (unpaired) electrons. The van der Waals surface area contributed by atoms with Gasteiger partial charge in [-0.25, -0.2) is 4.79 Å². The van der Waals surface area contributed by atoms with Crippen LogP contribution in [0, 0.1) is 56.7 Å². The number of allylic oxidation sites excluding steroid dienone is 5. The van der Waals surface area contributed by atoms with E-state index in [1.807, 2.05) is 134 Å². The molecule has 7 rings (SSSR count). The molecule has 0 unspecified atom stereocenters. The lowest BCUT2D eigenvalue weighted by Gasteiger charge is -2.22. The number of carbonyl (C=O) groups is 1. The highest BCUT2D eigenvalue weighted by Crippen LogP contribution is 2.37. The Balaban J connectivity index is 1.39. The van der Waals surface area contributed by atoms with Crippen LogP contribution in [0.4, 0.5) is 0 Å². The molecule has 0 saturated carbocycles. The van der Waals surface area contributed by atoms with Gasteiger partial charge in [-0.2, -0.15) is 26.3 Å². The fourth-order valence-corrected chi connectivity index (χ4v) is 10.4. The topological polar surface area (TPSA) is 202 Å². The molecule has 448 valence electrons. The standard InChI is InChI=1S/C77H83N9O2/c1-51(2)73(87)88-24-22-20-18-16-14-15-17-19-21-23-86-50-72(84-85-86)62-30-52-25-57(40-62)63(45-78)32-53-26-60(43-68(36-53)74(3,4)5)66(48-81)35-56-29-61(44-71(39-56)77(12,13)83)67(49-82)34-55-28-59(42-70(38-55)76(9,10)11)65(47-80)33-54-27-58(64(31-52)46-79)41-69(37-54)75(6,7)8/h25-44,50H,1,14-24,83H2,2-13H3/b63-32?,64-31+,65-33+,66-35+,67-34+. The van der Waals surface area contributed by atoms with Gasteiger partial charge >= 0.3 is 5.97 Å². The Kier molecular flexibility index (Phi) is 21.3. The van der Waals surface area contributed by atoms with Crippen molar-refractivity contribution in [3.8, 4) is 41.6 Å². The van der Waals surface area contributed by atoms with Crippen molar-refractivity contribution in [2.24, 2.45) is 5.73 Å². The number of unbranched alkanes of at least 4 members (excludes halogenated alkanes) is 8. The van der Waals surface area contributed by atoms with Crippen molar-refractivity contribution in [1.29, 1.82) is 26.3 Å². The number of carbonyl (C=O) groups excluding carboxylic acids is 1. The maximum Gasteiger partial charge on any atom is 0.333 e. The van der Waals surface area contributed by atoms with E-state index < -0.39 is 5.54 Å². The molecule has 0 amide bonds. The summed E-state index contributed by atoms with van der Waals surface area (Å²) in [6.07, 6.45) is 20.7. The number of benzene rings is 5. The first kappa shape index (κ1) is 66.1. The Morgan fingerprint density at radius 1 is 0.455 bits per heavy atom. The third-order valence-corrected chi connectivity index (χ3v) is 15.8. The molecule has 11 nitrogen and oxygen atoms in total. The van der Waals surface area contributed by atoms with E-state index in [9.17, 15) is 31.1 Å². The molecule has 1 aromatic heterocycles. The van der Waals surface area contributed by atoms with Crippen molar-refractivity contribution in [2.45, 2.75) is 169 Å². The lowest BCUT2D eigenvalue weighted by atomic mass is 9.82. The lowest BCUT2D eigenvalue weighted by molar-refractivity contribution is -0.139. The van der Waals surface area contributed by atoms with Crippen molar-refractivity contribution >= 4 is 64.2 Å². The van der Waals surface area contributed by atoms with Gasteiger partial charge in [0.05, 0.1) is 71.0 Å². The third kappa shape index (κ3) is 17.8. The van der Waals surface area contributed by atoms with Crippen molar-refractivity contribution < 1.29 is 9.53 Å². The first-order valence-electron chi connectivity index (χ1n) is 30.5. The smallest absolute Gasteiger partial charge is 0.333 e. The molecule has 88 heavy (non-hydrogen) atoms. The fourth-order valence-electron chi connectivity index (χ4n) is 10.4. The number of hydrogen-bond acceptors (Lipinski definition) is 10. The minimum Gasteiger partial charge on any atom is -0.462 e. The second-order valence-electron chi connectivity index (χ2n) is 27.0. The van der Waals surface area contributed by atoms with E-state index in [4.69, 9.17) is 10.5 Å². The SMILES string of the molecule is C=C(C)C(=O)OCCCCCCCCCCCn1cc(-c2cc3cc(c2)C(C#N)=Cc2cc(cc(C(C)(C)C)c2)/C(C#N)=C/c2cc(cc(C(C)(C)N)c2)/C(C#N)=C/c2cc(cc(C(C)(C)C)c2)/C(C#N)=C/c2cc(cc(C(C)(C)C)c2)/C(C#N)=C/3)nn1. The summed E-state index contributed by atoms with van der Waals surface area (Å²) in [4.78, 5) is 11.6. The van der Waals surface area contributed by atoms with Gasteiger partial charge in [0.15, 0.2) is 0 Å². The van der Waals surface area contributed by atoms with E-state index in [2.05, 4.69) is 122 Å². The molecule has 0 aliphatic heterocycles. The molecule has 10 bridgehead atoms. The number of nitrogens with two attached hydrogens (primary N) is 1. The Bertz CT molecular complexity index is 3990. The highest BCUT2D eigenvalue weighted by atomic mass is 16.5. The average molecular weight is 1170 g/mol. The molecule has 6 aromatic rings. The van der Waals surface area contributed by atoms with Crippen molar-refractivity contribution in [3.05, 3.63) is 187 Å². The van der Waals surface area contributed by atoms with Crippen LogP contribution in [0.3, 0.4) is 0 Å². The van der Waals surface area contributed by atoms with E-state index in [0.29, 0.717) is 102 Å². The highest BCUT2D eigenvalue weighted by Gasteiger charge is 2.23. The average Bonchev–Trinajstić information content (AvgIpc) is 2.62. The van der Waals surface area contributed by atoms with Gasteiger partial charge in [-0.15, -0.1) is 5.10 Å². The molecule has 5 aromatic carbocycles. The zero-order valence-electron chi connectivity index (χ0n) is 53.6. The second-order valence-corrected chi connectivity index (χ2v) is 27.0. The third-order valence-electron chi connectivity index (χ3n) is 15.8. The number of nitrogens with zero attached hydrogens (tertiary/aromatic N) is 8. The Labute approximate surface area is 522 Å². The number of esters is 1. The number of rotatable bonds is 15. The molecule has 1 aliphatic rings. The quantitative estimate of drug-likeness (QED) is 0.0585. The Hall–Kier alpha value is -9.44. The normalized spacial score (nSPS) is 15.4. The molecule has 11 heteroatoms. The highest BCUT2D eigenvalue weighted by molar-refractivity contribution is 5.98. The second kappa shape index (κ2) is 28.4. The van der Waals surface area contributed by atoms with Crippen molar-refractivity contribution in [3.63, 3.8) is 0 Å². The van der Waals surface area contributed by atoms with Gasteiger partial charge in [0, 0.05) is 23.2 Å². The Morgan fingerprint density at radius 3 is 1.10 bits per heavy atom. The molecule has 2 N–H and O–H groups in total. The molecule has 1 aliphatic carbocycles. The summed E-state index contributed by atoms with van der Waals surface area (Å²) in [6.45, 7) is 29.2. The lowest BCUT2D eigenvalue weighted by Crippen LogP contribution is -2.28. The molecule has 0 spiro atoms. The summed E-state index contributed by atoms with van der Waals surface area (Å²) in [5, 5.41) is 64.7. The van der Waals surface area contributed by atoms with E-state index >= 15 is 0 Å². The van der Waals surface area contributed by atoms with Crippen LogP contribution in [-0.2, 0) is 37.9 Å². The van der Waals surface area contributed by atoms with Gasteiger partial charge in [0.1, 0.15) is 5.69 Å². The van der Waals surface area contributed by atoms with Crippen LogP contribution >= 0.6 is 0 Å². The largest absolute Gasteiger partial charge is 0.462 e. The Morgan fingerprint density at radius 2 is 0.761 bits per heavy atom. The minimum atomic E-state index is -0.826. The van der Waals surface area contributed by atoms with Gasteiger partial charge in [0.25, 0.3) is 0 Å². The van der Waals surface area contributed by atoms with Crippen LogP contribution in [0.25, 0.3) is 69.5 Å². The van der Waals surface area contributed by atoms with Gasteiger partial charge < -0.3 is 10.5 Å². The van der Waals surface area contributed by atoms with Crippen LogP contribution in [0.1, 0.15) is 219 Å². The summed E-state index contributed by atoms with van der Waals surface area (Å²) < 4.78 is 7.07. The van der Waals surface area contributed by atoms with E-state index in [1.165, 1.54) is 0 Å². The number of hydrogen-bond donors (Lipinski definition) is 1. The number of fused-ring (bicyclic) bond motifs is 10. The number of nitriles is 5. The number of ether oxygens (including phenoxy) is 1. The van der Waals surface area contributed by atoms with Gasteiger partial charge in [-0.05, 0) is 231 Å².